The summed E-state index contributed by atoms with van der Waals surface area (Å²) in [6.07, 6.45) is 1.74. The molecule has 3 aromatic rings. The van der Waals surface area contributed by atoms with Crippen LogP contribution in [0.1, 0.15) is 42.4 Å². The molecular formula is C22H22N2O6S. The number of aromatic nitrogens is 1. The molecule has 162 valence electrons. The molecule has 0 bridgehead atoms. The number of para-hydroxylation sites is 2. The molecule has 1 saturated heterocycles. The van der Waals surface area contributed by atoms with Crippen LogP contribution >= 0.6 is 0 Å². The van der Waals surface area contributed by atoms with Gasteiger partial charge in [0.05, 0.1) is 4.90 Å². The second kappa shape index (κ2) is 8.60. The first-order valence-corrected chi connectivity index (χ1v) is 11.4. The summed E-state index contributed by atoms with van der Waals surface area (Å²) in [4.78, 5) is 28.5. The Morgan fingerprint density at radius 2 is 1.87 bits per heavy atom. The Kier molecular flexibility index (Phi) is 5.88. The van der Waals surface area contributed by atoms with Gasteiger partial charge in [0.1, 0.15) is 11.6 Å². The maximum Gasteiger partial charge on any atom is 0.324 e. The fraction of sp³-hybridized carbons (Fsp3) is 0.318. The molecule has 1 aliphatic heterocycles. The number of rotatable bonds is 6. The first kappa shape index (κ1) is 21.2. The third-order valence-corrected chi connectivity index (χ3v) is 7.19. The van der Waals surface area contributed by atoms with Crippen LogP contribution in [0.4, 0.5) is 0 Å². The lowest BCUT2D eigenvalue weighted by molar-refractivity contribution is -0.151. The number of sulfonamides is 1. The predicted octanol–water partition coefficient (Wildman–Crippen LogP) is 3.32. The number of piperidine rings is 1. The zero-order chi connectivity index (χ0) is 22.0. The number of ether oxygens (including phenoxy) is 1. The maximum absolute atomic E-state index is 13.2. The smallest absolute Gasteiger partial charge is 0.324 e. The second-order valence-corrected chi connectivity index (χ2v) is 9.28. The van der Waals surface area contributed by atoms with Gasteiger partial charge in [-0.15, -0.1) is 0 Å². The summed E-state index contributed by atoms with van der Waals surface area (Å²) in [6, 6.07) is 12.0. The van der Waals surface area contributed by atoms with Crippen LogP contribution in [-0.4, -0.2) is 42.0 Å². The van der Waals surface area contributed by atoms with Gasteiger partial charge in [-0.1, -0.05) is 24.3 Å². The van der Waals surface area contributed by atoms with Crippen LogP contribution < -0.4 is 0 Å². The largest absolute Gasteiger partial charge is 0.454 e. The van der Waals surface area contributed by atoms with Gasteiger partial charge in [-0.05, 0) is 50.5 Å². The Labute approximate surface area is 179 Å². The normalized spacial score (nSPS) is 17.5. The molecule has 9 heteroatoms. The number of hydrogen-bond donors (Lipinski definition) is 0. The predicted molar refractivity (Wildman–Crippen MR) is 112 cm³/mol. The van der Waals surface area contributed by atoms with Gasteiger partial charge >= 0.3 is 5.97 Å². The van der Waals surface area contributed by atoms with Crippen molar-refractivity contribution >= 4 is 32.9 Å². The van der Waals surface area contributed by atoms with E-state index in [0.717, 1.165) is 6.42 Å². The molecule has 2 heterocycles. The fourth-order valence-corrected chi connectivity index (χ4v) is 5.28. The van der Waals surface area contributed by atoms with E-state index >= 15 is 0 Å². The number of carbonyl (C=O) groups excluding carboxylic acids is 2. The monoisotopic (exact) mass is 442 g/mol. The molecule has 1 aromatic heterocycles. The van der Waals surface area contributed by atoms with Crippen molar-refractivity contribution in [1.29, 1.82) is 0 Å². The fourth-order valence-electron chi connectivity index (χ4n) is 3.64. The molecule has 0 saturated carbocycles. The highest BCUT2D eigenvalue weighted by Gasteiger charge is 2.38. The van der Waals surface area contributed by atoms with Crippen molar-refractivity contribution in [3.63, 3.8) is 0 Å². The zero-order valence-electron chi connectivity index (χ0n) is 17.0. The van der Waals surface area contributed by atoms with Crippen LogP contribution in [0.3, 0.4) is 0 Å². The minimum atomic E-state index is -3.92. The van der Waals surface area contributed by atoms with E-state index in [1.165, 1.54) is 35.5 Å². The first-order chi connectivity index (χ1) is 14.9. The number of Topliss-reactive ketones (excluding diaryl/α,β-unsaturated/α-hetero) is 1. The molecule has 0 N–H and O–H groups in total. The molecule has 1 aliphatic rings. The Morgan fingerprint density at radius 3 is 2.58 bits per heavy atom. The molecule has 0 aliphatic carbocycles. The minimum Gasteiger partial charge on any atom is -0.454 e. The van der Waals surface area contributed by atoms with E-state index < -0.39 is 22.0 Å². The van der Waals surface area contributed by atoms with Gasteiger partial charge < -0.3 is 9.15 Å². The maximum atomic E-state index is 13.2. The van der Waals surface area contributed by atoms with Crippen molar-refractivity contribution in [1.82, 2.24) is 9.29 Å². The molecule has 0 radical (unpaired) electrons. The first-order valence-electron chi connectivity index (χ1n) is 10.0. The summed E-state index contributed by atoms with van der Waals surface area (Å²) >= 11 is 0. The van der Waals surface area contributed by atoms with E-state index in [1.807, 2.05) is 12.1 Å². The number of ketones is 1. The Bertz CT molecular complexity index is 1180. The van der Waals surface area contributed by atoms with Gasteiger partial charge in [0, 0.05) is 12.1 Å². The molecule has 0 amide bonds. The highest BCUT2D eigenvalue weighted by atomic mass is 32.2. The number of oxazole rings is 1. The second-order valence-electron chi connectivity index (χ2n) is 7.39. The molecule has 1 fully saturated rings. The Balaban J connectivity index is 1.50. The highest BCUT2D eigenvalue weighted by molar-refractivity contribution is 7.89. The average molecular weight is 442 g/mol. The lowest BCUT2D eigenvalue weighted by atomic mass is 10.1. The molecule has 1 atom stereocenters. The third-order valence-electron chi connectivity index (χ3n) is 5.27. The van der Waals surface area contributed by atoms with Gasteiger partial charge in [0.2, 0.25) is 15.9 Å². The molecule has 2 aromatic carbocycles. The van der Waals surface area contributed by atoms with E-state index in [0.29, 0.717) is 29.5 Å². The lowest BCUT2D eigenvalue weighted by Crippen LogP contribution is -2.48. The highest BCUT2D eigenvalue weighted by Crippen LogP contribution is 2.27. The van der Waals surface area contributed by atoms with Crippen LogP contribution in [0.15, 0.2) is 57.8 Å². The zero-order valence-corrected chi connectivity index (χ0v) is 17.8. The number of esters is 1. The summed E-state index contributed by atoms with van der Waals surface area (Å²) in [5, 5.41) is 0. The minimum absolute atomic E-state index is 0.0381. The molecule has 0 spiro atoms. The summed E-state index contributed by atoms with van der Waals surface area (Å²) in [6.45, 7) is 1.46. The average Bonchev–Trinajstić information content (AvgIpc) is 3.20. The number of fused-ring (bicyclic) bond motifs is 1. The van der Waals surface area contributed by atoms with Gasteiger partial charge in [-0.3, -0.25) is 9.59 Å². The summed E-state index contributed by atoms with van der Waals surface area (Å²) in [5.41, 5.74) is 1.67. The van der Waals surface area contributed by atoms with E-state index in [2.05, 4.69) is 4.98 Å². The van der Waals surface area contributed by atoms with Crippen molar-refractivity contribution in [3.8, 4) is 0 Å². The lowest BCUT2D eigenvalue weighted by Gasteiger charge is -2.32. The van der Waals surface area contributed by atoms with Crippen molar-refractivity contribution in [2.75, 3.05) is 6.54 Å². The van der Waals surface area contributed by atoms with Gasteiger partial charge in [-0.2, -0.15) is 4.31 Å². The van der Waals surface area contributed by atoms with Crippen molar-refractivity contribution < 1.29 is 27.2 Å². The summed E-state index contributed by atoms with van der Waals surface area (Å²) in [5.74, 6) is -0.534. The Hall–Kier alpha value is -3.04. The van der Waals surface area contributed by atoms with Crippen LogP contribution in [0.25, 0.3) is 11.1 Å². The van der Waals surface area contributed by atoms with Gasteiger partial charge in [-0.25, -0.2) is 13.4 Å². The molecule has 4 rings (SSSR count). The molecular weight excluding hydrogens is 420 g/mol. The van der Waals surface area contributed by atoms with Crippen LogP contribution in [-0.2, 0) is 26.2 Å². The standard InChI is InChI=1S/C22H22N2O6S/c1-15(25)16-9-11-17(12-10-16)31(27,28)24-13-5-4-7-19(24)22(26)29-14-21-23-18-6-2-3-8-20(18)30-21/h2-3,6,8-12,19H,4-5,7,13-14H2,1H3. The van der Waals surface area contributed by atoms with Crippen molar-refractivity contribution in [2.45, 2.75) is 43.7 Å². The van der Waals surface area contributed by atoms with Crippen LogP contribution in [0.5, 0.6) is 0 Å². The number of nitrogens with zero attached hydrogens (tertiary/aromatic N) is 2. The summed E-state index contributed by atoms with van der Waals surface area (Å²) < 4.78 is 38.5. The van der Waals surface area contributed by atoms with Gasteiger partial charge in [0.15, 0.2) is 18.0 Å². The topological polar surface area (TPSA) is 107 Å². The van der Waals surface area contributed by atoms with Crippen molar-refractivity contribution in [3.05, 3.63) is 60.0 Å². The van der Waals surface area contributed by atoms with Crippen LogP contribution in [0, 0.1) is 0 Å². The van der Waals surface area contributed by atoms with E-state index in [-0.39, 0.29) is 29.7 Å². The molecule has 31 heavy (non-hydrogen) atoms. The quantitative estimate of drug-likeness (QED) is 0.426. The van der Waals surface area contributed by atoms with E-state index in [9.17, 15) is 18.0 Å². The van der Waals surface area contributed by atoms with E-state index in [4.69, 9.17) is 9.15 Å². The number of benzene rings is 2. The summed E-state index contributed by atoms with van der Waals surface area (Å²) in [7, 11) is -3.92. The SMILES string of the molecule is CC(=O)c1ccc(S(=O)(=O)N2CCCCC2C(=O)OCc2nc3ccccc3o2)cc1. The van der Waals surface area contributed by atoms with Crippen molar-refractivity contribution in [2.24, 2.45) is 0 Å². The van der Waals surface area contributed by atoms with Gasteiger partial charge in [0.25, 0.3) is 0 Å². The third kappa shape index (κ3) is 4.38. The Morgan fingerprint density at radius 1 is 1.13 bits per heavy atom. The molecule has 8 nitrogen and oxygen atoms in total. The van der Waals surface area contributed by atoms with Crippen LogP contribution in [0.2, 0.25) is 0 Å². The molecule has 1 unspecified atom stereocenters. The number of hydrogen-bond acceptors (Lipinski definition) is 7. The number of carbonyl (C=O) groups is 2. The van der Waals surface area contributed by atoms with E-state index in [1.54, 1.807) is 12.1 Å².